The molecule has 0 saturated carbocycles. The van der Waals surface area contributed by atoms with Gasteiger partial charge >= 0.3 is 0 Å². The lowest BCUT2D eigenvalue weighted by atomic mass is 10.0. The number of nitrogens with two attached hydrogens (primary N) is 1. The SMILES string of the molecule is CCC(CC)C(N)=O.[HH]. The van der Waals surface area contributed by atoms with Crippen LogP contribution in [0.1, 0.15) is 28.1 Å². The van der Waals surface area contributed by atoms with E-state index in [9.17, 15) is 4.79 Å². The topological polar surface area (TPSA) is 43.1 Å². The third-order valence-corrected chi connectivity index (χ3v) is 1.39. The van der Waals surface area contributed by atoms with Crippen LogP contribution in [0.15, 0.2) is 0 Å². The Bertz CT molecular complexity index is 81.1. The van der Waals surface area contributed by atoms with Gasteiger partial charge in [-0.3, -0.25) is 4.79 Å². The summed E-state index contributed by atoms with van der Waals surface area (Å²) in [5.41, 5.74) is 5.02. The second-order valence-corrected chi connectivity index (χ2v) is 1.92. The van der Waals surface area contributed by atoms with Crippen molar-refractivity contribution < 1.29 is 6.22 Å². The fraction of sp³-hybridized carbons (Fsp3) is 0.833. The molecule has 0 aromatic heterocycles. The molecule has 0 rings (SSSR count). The highest BCUT2D eigenvalue weighted by Gasteiger charge is 2.07. The van der Waals surface area contributed by atoms with Gasteiger partial charge in [0.1, 0.15) is 0 Å². The molecule has 0 radical (unpaired) electrons. The van der Waals surface area contributed by atoms with E-state index in [0.717, 1.165) is 12.8 Å². The van der Waals surface area contributed by atoms with Crippen LogP contribution in [0.4, 0.5) is 0 Å². The predicted molar refractivity (Wildman–Crippen MR) is 35.4 cm³/mol. The van der Waals surface area contributed by atoms with Crippen molar-refractivity contribution in [1.82, 2.24) is 0 Å². The first-order valence-electron chi connectivity index (χ1n) is 3.01. The Labute approximate surface area is 51.6 Å². The van der Waals surface area contributed by atoms with Crippen LogP contribution in [0.2, 0.25) is 0 Å². The van der Waals surface area contributed by atoms with Crippen LogP contribution in [0.3, 0.4) is 0 Å². The number of amides is 1. The molecule has 2 N–H and O–H groups in total. The zero-order valence-corrected chi connectivity index (χ0v) is 5.48. The Morgan fingerprint density at radius 3 is 2.00 bits per heavy atom. The largest absolute Gasteiger partial charge is 0.369 e. The summed E-state index contributed by atoms with van der Waals surface area (Å²) in [6.07, 6.45) is 1.73. The van der Waals surface area contributed by atoms with Gasteiger partial charge < -0.3 is 5.73 Å². The summed E-state index contributed by atoms with van der Waals surface area (Å²) in [5.74, 6) is -0.0787. The molecule has 0 aliphatic heterocycles. The monoisotopic (exact) mass is 117 g/mol. The van der Waals surface area contributed by atoms with Crippen molar-refractivity contribution in [1.29, 1.82) is 0 Å². The molecule has 50 valence electrons. The third-order valence-electron chi connectivity index (χ3n) is 1.39. The number of hydrogen-bond acceptors (Lipinski definition) is 1. The highest BCUT2D eigenvalue weighted by molar-refractivity contribution is 5.76. The number of hydrogen-bond donors (Lipinski definition) is 1. The Balaban J connectivity index is 0. The highest BCUT2D eigenvalue weighted by Crippen LogP contribution is 2.04. The van der Waals surface area contributed by atoms with E-state index in [1.807, 2.05) is 13.8 Å². The first-order valence-corrected chi connectivity index (χ1v) is 3.01. The molecule has 0 bridgehead atoms. The summed E-state index contributed by atoms with van der Waals surface area (Å²) in [5, 5.41) is 0. The number of carbonyl (C=O) groups is 1. The molecule has 8 heavy (non-hydrogen) atoms. The van der Waals surface area contributed by atoms with E-state index in [4.69, 9.17) is 5.73 Å². The molecule has 0 aliphatic rings. The molecule has 0 atom stereocenters. The summed E-state index contributed by atoms with van der Waals surface area (Å²) in [4.78, 5) is 10.4. The van der Waals surface area contributed by atoms with Gasteiger partial charge in [-0.1, -0.05) is 13.8 Å². The second kappa shape index (κ2) is 3.47. The van der Waals surface area contributed by atoms with Gasteiger partial charge in [0.25, 0.3) is 0 Å². The first-order chi connectivity index (χ1) is 3.72. The minimum atomic E-state index is -0.171. The third kappa shape index (κ3) is 1.96. The van der Waals surface area contributed by atoms with Gasteiger partial charge in [-0.25, -0.2) is 0 Å². The highest BCUT2D eigenvalue weighted by atomic mass is 16.1. The van der Waals surface area contributed by atoms with Crippen LogP contribution in [0, 0.1) is 5.92 Å². The molecule has 0 aromatic carbocycles. The summed E-state index contributed by atoms with van der Waals surface area (Å²) < 4.78 is 0. The lowest BCUT2D eigenvalue weighted by molar-refractivity contribution is -0.121. The summed E-state index contributed by atoms with van der Waals surface area (Å²) >= 11 is 0. The van der Waals surface area contributed by atoms with Gasteiger partial charge in [-0.05, 0) is 12.8 Å². The number of carbonyl (C=O) groups excluding carboxylic acids is 1. The maximum absolute atomic E-state index is 10.4. The molecular formula is C6H15NO. The first kappa shape index (κ1) is 7.47. The molecule has 0 fully saturated rings. The zero-order valence-electron chi connectivity index (χ0n) is 5.48. The van der Waals surface area contributed by atoms with Crippen molar-refractivity contribution in [3.05, 3.63) is 0 Å². The van der Waals surface area contributed by atoms with E-state index in [1.54, 1.807) is 0 Å². The fourth-order valence-corrected chi connectivity index (χ4v) is 0.691. The molecule has 0 unspecified atom stereocenters. The Morgan fingerprint density at radius 2 is 2.00 bits per heavy atom. The molecule has 1 amide bonds. The van der Waals surface area contributed by atoms with E-state index < -0.39 is 0 Å². The van der Waals surface area contributed by atoms with Crippen molar-refractivity contribution in [2.75, 3.05) is 0 Å². The van der Waals surface area contributed by atoms with Crippen molar-refractivity contribution in [2.24, 2.45) is 11.7 Å². The van der Waals surface area contributed by atoms with Gasteiger partial charge in [-0.15, -0.1) is 0 Å². The van der Waals surface area contributed by atoms with Gasteiger partial charge in [0.2, 0.25) is 5.91 Å². The van der Waals surface area contributed by atoms with Gasteiger partial charge in [0.15, 0.2) is 0 Å². The summed E-state index contributed by atoms with van der Waals surface area (Å²) in [6, 6.07) is 0. The average Bonchev–Trinajstić information content (AvgIpc) is 1.69. The normalized spacial score (nSPS) is 9.88. The quantitative estimate of drug-likeness (QED) is 0.592. The van der Waals surface area contributed by atoms with Crippen LogP contribution in [-0.4, -0.2) is 5.91 Å². The standard InChI is InChI=1S/C6H13NO.H2/c1-3-5(4-2)6(7)8;/h5H,3-4H2,1-2H3,(H2,7,8);1H. The van der Waals surface area contributed by atoms with Crippen LogP contribution in [-0.2, 0) is 4.79 Å². The Hall–Kier alpha value is -0.530. The maximum atomic E-state index is 10.4. The van der Waals surface area contributed by atoms with Crippen molar-refractivity contribution in [3.8, 4) is 0 Å². The lowest BCUT2D eigenvalue weighted by Gasteiger charge is -2.04. The van der Waals surface area contributed by atoms with Gasteiger partial charge in [-0.2, -0.15) is 0 Å². The van der Waals surface area contributed by atoms with Crippen LogP contribution in [0.25, 0.3) is 0 Å². The Morgan fingerprint density at radius 1 is 1.62 bits per heavy atom. The van der Waals surface area contributed by atoms with E-state index in [0.29, 0.717) is 0 Å². The summed E-state index contributed by atoms with van der Waals surface area (Å²) in [6.45, 7) is 3.94. The molecule has 0 spiro atoms. The van der Waals surface area contributed by atoms with Crippen LogP contribution in [0.5, 0.6) is 0 Å². The molecule has 0 aliphatic carbocycles. The fourth-order valence-electron chi connectivity index (χ4n) is 0.691. The van der Waals surface area contributed by atoms with E-state index in [2.05, 4.69) is 0 Å². The molecule has 0 saturated heterocycles. The number of rotatable bonds is 3. The smallest absolute Gasteiger partial charge is 0.220 e. The van der Waals surface area contributed by atoms with Crippen molar-refractivity contribution in [2.45, 2.75) is 26.7 Å². The second-order valence-electron chi connectivity index (χ2n) is 1.92. The van der Waals surface area contributed by atoms with E-state index in [1.165, 1.54) is 0 Å². The van der Waals surface area contributed by atoms with E-state index >= 15 is 0 Å². The van der Waals surface area contributed by atoms with Crippen LogP contribution >= 0.6 is 0 Å². The van der Waals surface area contributed by atoms with Gasteiger partial charge in [0.05, 0.1) is 0 Å². The minimum absolute atomic E-state index is 0. The number of primary amides is 1. The average molecular weight is 117 g/mol. The zero-order chi connectivity index (χ0) is 6.57. The molecular weight excluding hydrogens is 102 g/mol. The molecule has 0 heterocycles. The summed E-state index contributed by atoms with van der Waals surface area (Å²) in [7, 11) is 0. The Kier molecular flexibility index (Phi) is 3.24. The minimum Gasteiger partial charge on any atom is -0.369 e. The van der Waals surface area contributed by atoms with Crippen molar-refractivity contribution >= 4 is 5.91 Å². The lowest BCUT2D eigenvalue weighted by Crippen LogP contribution is -2.21. The van der Waals surface area contributed by atoms with E-state index in [-0.39, 0.29) is 13.3 Å². The molecule has 2 nitrogen and oxygen atoms in total. The van der Waals surface area contributed by atoms with Crippen molar-refractivity contribution in [3.63, 3.8) is 0 Å². The maximum Gasteiger partial charge on any atom is 0.220 e. The molecule has 2 heteroatoms. The molecule has 0 aromatic rings. The predicted octanol–water partition coefficient (Wildman–Crippen LogP) is 1.15. The van der Waals surface area contributed by atoms with Gasteiger partial charge in [0, 0.05) is 7.34 Å². The van der Waals surface area contributed by atoms with Crippen LogP contribution < -0.4 is 5.73 Å².